The molecule has 0 aromatic carbocycles. The maximum Gasteiger partial charge on any atom is 0.257 e. The first-order valence-electron chi connectivity index (χ1n) is 6.04. The second-order valence-electron chi connectivity index (χ2n) is 4.68. The van der Waals surface area contributed by atoms with Gasteiger partial charge in [-0.25, -0.2) is 4.98 Å². The highest BCUT2D eigenvalue weighted by atomic mass is 35.5. The molecular formula is C13H17ClN2O. The van der Waals surface area contributed by atoms with Crippen molar-refractivity contribution in [1.82, 2.24) is 9.88 Å². The van der Waals surface area contributed by atoms with Gasteiger partial charge in [0.05, 0.1) is 5.56 Å². The molecule has 1 saturated heterocycles. The quantitative estimate of drug-likeness (QED) is 0.720. The average molecular weight is 253 g/mol. The van der Waals surface area contributed by atoms with E-state index in [2.05, 4.69) is 18.8 Å². The first-order chi connectivity index (χ1) is 8.11. The second-order valence-corrected chi connectivity index (χ2v) is 5.04. The summed E-state index contributed by atoms with van der Waals surface area (Å²) in [5.74, 6) is 0.00259. The third kappa shape index (κ3) is 2.44. The fraction of sp³-hybridized carbons (Fsp3) is 0.538. The summed E-state index contributed by atoms with van der Waals surface area (Å²) in [4.78, 5) is 18.3. The van der Waals surface area contributed by atoms with E-state index in [4.69, 9.17) is 11.6 Å². The van der Waals surface area contributed by atoms with Gasteiger partial charge in [0.1, 0.15) is 5.15 Å². The lowest BCUT2D eigenvalue weighted by Crippen LogP contribution is -2.47. The maximum absolute atomic E-state index is 12.4. The van der Waals surface area contributed by atoms with Gasteiger partial charge in [0.15, 0.2) is 0 Å². The van der Waals surface area contributed by atoms with Crippen LogP contribution >= 0.6 is 11.6 Å². The Bertz CT molecular complexity index is 412. The van der Waals surface area contributed by atoms with Crippen molar-refractivity contribution in [3.63, 3.8) is 0 Å². The van der Waals surface area contributed by atoms with Gasteiger partial charge in [-0.15, -0.1) is 0 Å². The zero-order valence-electron chi connectivity index (χ0n) is 10.2. The Morgan fingerprint density at radius 1 is 1.41 bits per heavy atom. The van der Waals surface area contributed by atoms with E-state index in [9.17, 15) is 4.79 Å². The van der Waals surface area contributed by atoms with Crippen molar-refractivity contribution < 1.29 is 4.79 Å². The molecule has 1 aliphatic heterocycles. The van der Waals surface area contributed by atoms with Crippen molar-refractivity contribution in [2.45, 2.75) is 45.2 Å². The molecule has 2 atom stereocenters. The van der Waals surface area contributed by atoms with Crippen LogP contribution in [0.5, 0.6) is 0 Å². The Kier molecular flexibility index (Phi) is 3.67. The van der Waals surface area contributed by atoms with Crippen LogP contribution in [0.4, 0.5) is 0 Å². The minimum atomic E-state index is 0.00259. The van der Waals surface area contributed by atoms with Gasteiger partial charge < -0.3 is 4.90 Å². The van der Waals surface area contributed by atoms with Gasteiger partial charge in [-0.1, -0.05) is 11.6 Å². The molecule has 4 heteroatoms. The number of piperidine rings is 1. The average Bonchev–Trinajstić information content (AvgIpc) is 2.29. The van der Waals surface area contributed by atoms with E-state index in [0.29, 0.717) is 10.7 Å². The molecule has 1 aliphatic rings. The van der Waals surface area contributed by atoms with Crippen LogP contribution in [0.3, 0.4) is 0 Å². The van der Waals surface area contributed by atoms with Crippen LogP contribution in [0.25, 0.3) is 0 Å². The second kappa shape index (κ2) is 5.05. The Morgan fingerprint density at radius 3 is 2.65 bits per heavy atom. The Hall–Kier alpha value is -1.09. The Morgan fingerprint density at radius 2 is 2.06 bits per heavy atom. The fourth-order valence-corrected chi connectivity index (χ4v) is 2.71. The van der Waals surface area contributed by atoms with Crippen molar-refractivity contribution in [2.75, 3.05) is 0 Å². The van der Waals surface area contributed by atoms with Gasteiger partial charge >= 0.3 is 0 Å². The molecule has 0 saturated carbocycles. The van der Waals surface area contributed by atoms with Gasteiger partial charge in [-0.2, -0.15) is 0 Å². The summed E-state index contributed by atoms with van der Waals surface area (Å²) in [5.41, 5.74) is 0.509. The molecular weight excluding hydrogens is 236 g/mol. The van der Waals surface area contributed by atoms with Gasteiger partial charge in [0, 0.05) is 18.3 Å². The molecule has 17 heavy (non-hydrogen) atoms. The number of carbonyl (C=O) groups is 1. The van der Waals surface area contributed by atoms with Crippen LogP contribution < -0.4 is 0 Å². The molecule has 1 fully saturated rings. The molecule has 1 amide bonds. The van der Waals surface area contributed by atoms with Crippen LogP contribution in [0, 0.1) is 0 Å². The molecule has 2 rings (SSSR count). The molecule has 1 aromatic heterocycles. The predicted octanol–water partition coefficient (Wildman–Crippen LogP) is 3.14. The SMILES string of the molecule is C[C@@H]1CCC[C@@H](C)N1C(=O)c1cccnc1Cl. The standard InChI is InChI=1S/C13H17ClN2O/c1-9-5-3-6-10(2)16(9)13(17)11-7-4-8-15-12(11)14/h4,7-10H,3,5-6H2,1-2H3/t9-,10-/m1/s1. The summed E-state index contributed by atoms with van der Waals surface area (Å²) in [7, 11) is 0. The molecule has 0 spiro atoms. The van der Waals surface area contributed by atoms with Crippen LogP contribution in [0.15, 0.2) is 18.3 Å². The minimum absolute atomic E-state index is 0.00259. The number of carbonyl (C=O) groups excluding carboxylic acids is 1. The number of amides is 1. The van der Waals surface area contributed by atoms with Gasteiger partial charge in [0.2, 0.25) is 0 Å². The molecule has 92 valence electrons. The van der Waals surface area contributed by atoms with Crippen molar-refractivity contribution in [1.29, 1.82) is 0 Å². The van der Waals surface area contributed by atoms with E-state index in [1.54, 1.807) is 18.3 Å². The number of nitrogens with zero attached hydrogens (tertiary/aromatic N) is 2. The molecule has 0 radical (unpaired) electrons. The largest absolute Gasteiger partial charge is 0.333 e. The smallest absolute Gasteiger partial charge is 0.257 e. The topological polar surface area (TPSA) is 33.2 Å². The van der Waals surface area contributed by atoms with Gasteiger partial charge in [-0.3, -0.25) is 4.79 Å². The summed E-state index contributed by atoms with van der Waals surface area (Å²) in [6.45, 7) is 4.19. The zero-order valence-corrected chi connectivity index (χ0v) is 10.9. The molecule has 0 aliphatic carbocycles. The lowest BCUT2D eigenvalue weighted by molar-refractivity contribution is 0.0510. The molecule has 2 heterocycles. The highest BCUT2D eigenvalue weighted by Crippen LogP contribution is 2.26. The number of aromatic nitrogens is 1. The number of hydrogen-bond acceptors (Lipinski definition) is 2. The highest BCUT2D eigenvalue weighted by Gasteiger charge is 2.30. The van der Waals surface area contributed by atoms with E-state index in [1.807, 2.05) is 4.90 Å². The van der Waals surface area contributed by atoms with Crippen LogP contribution in [0.1, 0.15) is 43.5 Å². The first kappa shape index (κ1) is 12.4. The van der Waals surface area contributed by atoms with E-state index in [1.165, 1.54) is 6.42 Å². The molecule has 1 aromatic rings. The van der Waals surface area contributed by atoms with Gasteiger partial charge in [0.25, 0.3) is 5.91 Å². The van der Waals surface area contributed by atoms with Crippen LogP contribution in [-0.4, -0.2) is 27.9 Å². The molecule has 3 nitrogen and oxygen atoms in total. The van der Waals surface area contributed by atoms with E-state index >= 15 is 0 Å². The molecule has 0 bridgehead atoms. The Balaban J connectivity index is 2.27. The van der Waals surface area contributed by atoms with Crippen molar-refractivity contribution in [3.8, 4) is 0 Å². The molecule has 0 unspecified atom stereocenters. The molecule has 0 N–H and O–H groups in total. The van der Waals surface area contributed by atoms with Crippen LogP contribution in [0.2, 0.25) is 5.15 Å². The first-order valence-corrected chi connectivity index (χ1v) is 6.42. The summed E-state index contributed by atoms with van der Waals surface area (Å²) < 4.78 is 0. The third-order valence-corrected chi connectivity index (χ3v) is 3.72. The summed E-state index contributed by atoms with van der Waals surface area (Å²) in [6, 6.07) is 4.05. The summed E-state index contributed by atoms with van der Waals surface area (Å²) >= 11 is 5.98. The minimum Gasteiger partial charge on any atom is -0.333 e. The lowest BCUT2D eigenvalue weighted by Gasteiger charge is -2.39. The number of halogens is 1. The number of pyridine rings is 1. The Labute approximate surface area is 107 Å². The number of rotatable bonds is 1. The number of likely N-dealkylation sites (tertiary alicyclic amines) is 1. The van der Waals surface area contributed by atoms with Crippen LogP contribution in [-0.2, 0) is 0 Å². The predicted molar refractivity (Wildman–Crippen MR) is 68.2 cm³/mol. The van der Waals surface area contributed by atoms with Crippen molar-refractivity contribution in [3.05, 3.63) is 29.0 Å². The van der Waals surface area contributed by atoms with E-state index in [0.717, 1.165) is 12.8 Å². The fourth-order valence-electron chi connectivity index (χ4n) is 2.51. The van der Waals surface area contributed by atoms with Gasteiger partial charge in [-0.05, 0) is 45.2 Å². The van der Waals surface area contributed by atoms with E-state index in [-0.39, 0.29) is 18.0 Å². The van der Waals surface area contributed by atoms with Crippen molar-refractivity contribution in [2.24, 2.45) is 0 Å². The summed E-state index contributed by atoms with van der Waals surface area (Å²) in [5, 5.41) is 0.294. The number of hydrogen-bond donors (Lipinski definition) is 0. The maximum atomic E-state index is 12.4. The van der Waals surface area contributed by atoms with E-state index < -0.39 is 0 Å². The normalized spacial score (nSPS) is 24.8. The zero-order chi connectivity index (χ0) is 12.4. The van der Waals surface area contributed by atoms with Crippen molar-refractivity contribution >= 4 is 17.5 Å². The summed E-state index contributed by atoms with van der Waals surface area (Å²) in [6.07, 6.45) is 4.91. The lowest BCUT2D eigenvalue weighted by atomic mass is 9.96. The highest BCUT2D eigenvalue weighted by molar-refractivity contribution is 6.32. The third-order valence-electron chi connectivity index (χ3n) is 3.42. The monoisotopic (exact) mass is 252 g/mol.